The van der Waals surface area contributed by atoms with E-state index in [1.165, 1.54) is 12.2 Å². The van der Waals surface area contributed by atoms with Crippen LogP contribution in [0, 0.1) is 5.92 Å². The van der Waals surface area contributed by atoms with E-state index in [2.05, 4.69) is 39.2 Å². The van der Waals surface area contributed by atoms with Gasteiger partial charge in [0, 0.05) is 0 Å². The highest BCUT2D eigenvalue weighted by molar-refractivity contribution is 6.21. The Morgan fingerprint density at radius 3 is 1.35 bits per heavy atom. The molecule has 0 radical (unpaired) electrons. The molecule has 0 aromatic carbocycles. The van der Waals surface area contributed by atoms with Gasteiger partial charge in [-0.3, -0.25) is 14.9 Å². The predicted octanol–water partition coefficient (Wildman–Crippen LogP) is 3.00. The average Bonchev–Trinajstić information content (AvgIpc) is 2.54. The molecule has 1 N–H and O–H groups in total. The van der Waals surface area contributed by atoms with Gasteiger partial charge < -0.3 is 0 Å². The van der Waals surface area contributed by atoms with Crippen molar-refractivity contribution in [2.24, 2.45) is 5.92 Å². The summed E-state index contributed by atoms with van der Waals surface area (Å²) in [7, 11) is 0. The van der Waals surface area contributed by atoms with Crippen molar-refractivity contribution in [1.82, 2.24) is 5.32 Å². The molecule has 2 amide bonds. The van der Waals surface area contributed by atoms with Gasteiger partial charge in [-0.05, 0) is 5.92 Å². The highest BCUT2D eigenvalue weighted by Gasteiger charge is 2.25. The predicted molar refractivity (Wildman–Crippen MR) is 72.4 cm³/mol. The second-order valence-electron chi connectivity index (χ2n) is 3.75. The Kier molecular flexibility index (Phi) is 10.00. The zero-order valence-corrected chi connectivity index (χ0v) is 11.5. The lowest BCUT2D eigenvalue weighted by molar-refractivity contribution is -0.123. The minimum atomic E-state index is -0.403. The van der Waals surface area contributed by atoms with Crippen LogP contribution in [-0.4, -0.2) is 11.8 Å². The molecule has 0 saturated carbocycles. The maximum absolute atomic E-state index is 10.9. The number of carbonyl (C=O) groups excluding carboxylic acids is 2. The van der Waals surface area contributed by atoms with E-state index in [9.17, 15) is 9.59 Å². The van der Waals surface area contributed by atoms with Gasteiger partial charge in [0.15, 0.2) is 0 Å². The molecule has 3 nitrogen and oxygen atoms in total. The van der Waals surface area contributed by atoms with Gasteiger partial charge in [-0.25, -0.2) is 0 Å². The molecule has 0 spiro atoms. The molecule has 0 bridgehead atoms. The van der Waals surface area contributed by atoms with Crippen molar-refractivity contribution in [3.05, 3.63) is 36.5 Å². The van der Waals surface area contributed by atoms with Crippen LogP contribution in [0.4, 0.5) is 0 Å². The van der Waals surface area contributed by atoms with Crippen LogP contribution in [0.1, 0.15) is 34.6 Å². The van der Waals surface area contributed by atoms with Crippen LogP contribution >= 0.6 is 0 Å². The summed E-state index contributed by atoms with van der Waals surface area (Å²) in [6.45, 7) is 17.3. The fourth-order valence-electron chi connectivity index (χ4n) is 0.888. The molecule has 0 saturated heterocycles. The van der Waals surface area contributed by atoms with Gasteiger partial charge in [0.25, 0.3) is 11.8 Å². The third kappa shape index (κ3) is 6.51. The summed E-state index contributed by atoms with van der Waals surface area (Å²) in [4.78, 5) is 21.8. The number of hydrogen-bond acceptors (Lipinski definition) is 2. The maximum atomic E-state index is 10.9. The van der Waals surface area contributed by atoms with Gasteiger partial charge in [-0.2, -0.15) is 0 Å². The smallest absolute Gasteiger partial charge is 0.258 e. The van der Waals surface area contributed by atoms with Crippen molar-refractivity contribution >= 4 is 11.8 Å². The first kappa shape index (κ1) is 17.7. The third-order valence-corrected chi connectivity index (χ3v) is 1.41. The monoisotopic (exact) mass is 237 g/mol. The zero-order chi connectivity index (χ0) is 14.0. The quantitative estimate of drug-likeness (QED) is 0.750. The van der Waals surface area contributed by atoms with Crippen LogP contribution in [0.15, 0.2) is 36.5 Å². The van der Waals surface area contributed by atoms with Crippen LogP contribution < -0.4 is 5.32 Å². The first-order valence-corrected chi connectivity index (χ1v) is 5.78. The number of rotatable bonds is 2. The summed E-state index contributed by atoms with van der Waals surface area (Å²) < 4.78 is 0. The highest BCUT2D eigenvalue weighted by Crippen LogP contribution is 2.13. The molecule has 0 aromatic heterocycles. The SMILES string of the molecule is C=CC1=C(C=C)C(=O)NC1=O.CC.CC(C)C. The van der Waals surface area contributed by atoms with Crippen molar-refractivity contribution in [2.45, 2.75) is 34.6 Å². The van der Waals surface area contributed by atoms with Crippen LogP contribution in [0.25, 0.3) is 0 Å². The highest BCUT2D eigenvalue weighted by atomic mass is 16.2. The molecule has 0 aromatic rings. The summed E-state index contributed by atoms with van der Waals surface area (Å²) in [6.07, 6.45) is 2.69. The Balaban J connectivity index is 0. The minimum Gasteiger partial charge on any atom is -0.288 e. The van der Waals surface area contributed by atoms with E-state index in [1.54, 1.807) is 0 Å². The van der Waals surface area contributed by atoms with E-state index in [0.29, 0.717) is 11.1 Å². The molecule has 1 rings (SSSR count). The van der Waals surface area contributed by atoms with Gasteiger partial charge in [0.05, 0.1) is 11.1 Å². The first-order valence-electron chi connectivity index (χ1n) is 5.78. The number of hydrogen-bond donors (Lipinski definition) is 1. The molecule has 1 aliphatic heterocycles. The number of carbonyl (C=O) groups is 2. The van der Waals surface area contributed by atoms with Crippen molar-refractivity contribution in [3.63, 3.8) is 0 Å². The van der Waals surface area contributed by atoms with Gasteiger partial charge in [0.1, 0.15) is 0 Å². The molecule has 1 heterocycles. The Labute approximate surface area is 104 Å². The Morgan fingerprint density at radius 1 is 0.941 bits per heavy atom. The first-order chi connectivity index (χ1) is 7.93. The van der Waals surface area contributed by atoms with Gasteiger partial charge >= 0.3 is 0 Å². The molecule has 1 aliphatic rings. The fraction of sp³-hybridized carbons (Fsp3) is 0.429. The second kappa shape index (κ2) is 9.58. The van der Waals surface area contributed by atoms with Crippen LogP contribution in [0.2, 0.25) is 0 Å². The van der Waals surface area contributed by atoms with Crippen molar-refractivity contribution < 1.29 is 9.59 Å². The van der Waals surface area contributed by atoms with Gasteiger partial charge in [0.2, 0.25) is 0 Å². The number of imide groups is 1. The molecular weight excluding hydrogens is 214 g/mol. The van der Waals surface area contributed by atoms with E-state index in [4.69, 9.17) is 0 Å². The van der Waals surface area contributed by atoms with Gasteiger partial charge in [-0.1, -0.05) is 59.9 Å². The molecule has 0 atom stereocenters. The van der Waals surface area contributed by atoms with E-state index in [-0.39, 0.29) is 0 Å². The molecule has 0 fully saturated rings. The van der Waals surface area contributed by atoms with Gasteiger partial charge in [-0.15, -0.1) is 0 Å². The fourth-order valence-corrected chi connectivity index (χ4v) is 0.888. The van der Waals surface area contributed by atoms with Crippen molar-refractivity contribution in [2.75, 3.05) is 0 Å². The van der Waals surface area contributed by atoms with E-state index in [1.807, 2.05) is 13.8 Å². The van der Waals surface area contributed by atoms with E-state index >= 15 is 0 Å². The Hall–Kier alpha value is -1.64. The minimum absolute atomic E-state index is 0.296. The summed E-state index contributed by atoms with van der Waals surface area (Å²) in [5.74, 6) is 0.0276. The largest absolute Gasteiger partial charge is 0.288 e. The van der Waals surface area contributed by atoms with Crippen molar-refractivity contribution in [1.29, 1.82) is 0 Å². The standard InChI is InChI=1S/C8H7NO2.C4H10.C2H6/c1-3-5-6(4-2)8(11)9-7(5)10;1-4(2)3;1-2/h3-4H,1-2H2,(H,9,10,11);4H,1-3H3;1-2H3. The van der Waals surface area contributed by atoms with E-state index in [0.717, 1.165) is 5.92 Å². The molecular formula is C14H23NO2. The second-order valence-corrected chi connectivity index (χ2v) is 3.75. The molecule has 3 heteroatoms. The van der Waals surface area contributed by atoms with Crippen LogP contribution in [-0.2, 0) is 9.59 Å². The summed E-state index contributed by atoms with van der Waals surface area (Å²) in [6, 6.07) is 0. The normalized spacial score (nSPS) is 13.3. The molecule has 96 valence electrons. The Morgan fingerprint density at radius 2 is 1.18 bits per heavy atom. The average molecular weight is 237 g/mol. The number of nitrogens with one attached hydrogen (secondary N) is 1. The van der Waals surface area contributed by atoms with E-state index < -0.39 is 11.8 Å². The van der Waals surface area contributed by atoms with Crippen LogP contribution in [0.5, 0.6) is 0 Å². The lowest BCUT2D eigenvalue weighted by Gasteiger charge is -1.86. The summed E-state index contributed by atoms with van der Waals surface area (Å²) >= 11 is 0. The maximum Gasteiger partial charge on any atom is 0.258 e. The third-order valence-electron chi connectivity index (χ3n) is 1.41. The Bertz CT molecular complexity index is 294. The van der Waals surface area contributed by atoms with Crippen LogP contribution in [0.3, 0.4) is 0 Å². The molecule has 0 unspecified atom stereocenters. The lowest BCUT2D eigenvalue weighted by Crippen LogP contribution is -2.22. The van der Waals surface area contributed by atoms with Crippen molar-refractivity contribution in [3.8, 4) is 0 Å². The summed E-state index contributed by atoms with van der Waals surface area (Å²) in [5, 5.41) is 2.12. The number of amides is 2. The molecule has 0 aliphatic carbocycles. The topological polar surface area (TPSA) is 46.2 Å². The molecule has 17 heavy (non-hydrogen) atoms. The zero-order valence-electron chi connectivity index (χ0n) is 11.5. The summed E-state index contributed by atoms with van der Waals surface area (Å²) in [5.41, 5.74) is 0.593. The lowest BCUT2D eigenvalue weighted by atomic mass is 10.1.